The van der Waals surface area contributed by atoms with E-state index in [0.717, 1.165) is 24.4 Å². The van der Waals surface area contributed by atoms with Crippen LogP contribution in [0.3, 0.4) is 0 Å². The molecular formula is C17H18N2O. The van der Waals surface area contributed by atoms with Crippen LogP contribution >= 0.6 is 0 Å². The minimum Gasteiger partial charge on any atom is -0.481 e. The Labute approximate surface area is 120 Å². The number of hydrogen-bond donors (Lipinski definition) is 0. The van der Waals surface area contributed by atoms with E-state index >= 15 is 0 Å². The number of para-hydroxylation sites is 1. The van der Waals surface area contributed by atoms with E-state index in [1.807, 2.05) is 42.7 Å². The number of benzene rings is 1. The fraction of sp³-hybridized carbons (Fsp3) is 0.235. The molecule has 2 rings (SSSR count). The van der Waals surface area contributed by atoms with E-state index in [-0.39, 0.29) is 0 Å². The summed E-state index contributed by atoms with van der Waals surface area (Å²) in [7, 11) is 2.08. The smallest absolute Gasteiger partial charge is 0.148 e. The number of aromatic nitrogens is 1. The molecule has 0 fully saturated rings. The third kappa shape index (κ3) is 4.11. The van der Waals surface area contributed by atoms with Gasteiger partial charge in [0.25, 0.3) is 0 Å². The Balaban J connectivity index is 2.00. The molecule has 0 amide bonds. The van der Waals surface area contributed by atoms with E-state index in [1.165, 1.54) is 5.56 Å². The maximum atomic E-state index is 5.56. The molecular weight excluding hydrogens is 248 g/mol. The summed E-state index contributed by atoms with van der Waals surface area (Å²) in [5.41, 5.74) is 2.38. The molecule has 102 valence electrons. The van der Waals surface area contributed by atoms with Crippen LogP contribution in [-0.2, 0) is 13.1 Å². The zero-order valence-electron chi connectivity index (χ0n) is 11.6. The van der Waals surface area contributed by atoms with Crippen LogP contribution < -0.4 is 4.74 Å². The van der Waals surface area contributed by atoms with E-state index in [4.69, 9.17) is 11.2 Å². The molecule has 0 aliphatic carbocycles. The van der Waals surface area contributed by atoms with Gasteiger partial charge in [0.05, 0.1) is 0 Å². The van der Waals surface area contributed by atoms with E-state index in [9.17, 15) is 0 Å². The Morgan fingerprint density at radius 2 is 1.90 bits per heavy atom. The summed E-state index contributed by atoms with van der Waals surface area (Å²) in [6.45, 7) is 1.97. The second-order valence-corrected chi connectivity index (χ2v) is 4.63. The molecule has 1 aromatic heterocycles. The number of nitrogens with zero attached hydrogens (tertiary/aromatic N) is 2. The molecule has 20 heavy (non-hydrogen) atoms. The monoisotopic (exact) mass is 266 g/mol. The number of rotatable bonds is 6. The highest BCUT2D eigenvalue weighted by molar-refractivity contribution is 5.33. The molecule has 1 heterocycles. The second-order valence-electron chi connectivity index (χ2n) is 4.63. The SMILES string of the molecule is C#CCOc1ccccc1CN(C)Cc1ccncc1. The Hall–Kier alpha value is -2.31. The van der Waals surface area contributed by atoms with Crippen LogP contribution in [0.5, 0.6) is 5.75 Å². The minimum atomic E-state index is 0.297. The largest absolute Gasteiger partial charge is 0.481 e. The molecule has 0 saturated carbocycles. The maximum absolute atomic E-state index is 5.56. The van der Waals surface area contributed by atoms with Gasteiger partial charge in [-0.3, -0.25) is 9.88 Å². The summed E-state index contributed by atoms with van der Waals surface area (Å²) < 4.78 is 5.56. The van der Waals surface area contributed by atoms with Crippen molar-refractivity contribution in [3.8, 4) is 18.1 Å². The summed E-state index contributed by atoms with van der Waals surface area (Å²) in [6, 6.07) is 12.0. The third-order valence-corrected chi connectivity index (χ3v) is 2.93. The second kappa shape index (κ2) is 7.32. The van der Waals surface area contributed by atoms with Gasteiger partial charge in [-0.25, -0.2) is 0 Å². The third-order valence-electron chi connectivity index (χ3n) is 2.93. The van der Waals surface area contributed by atoms with Crippen molar-refractivity contribution in [1.82, 2.24) is 9.88 Å². The molecule has 0 atom stereocenters. The molecule has 0 aliphatic heterocycles. The van der Waals surface area contributed by atoms with Crippen molar-refractivity contribution >= 4 is 0 Å². The summed E-state index contributed by atoms with van der Waals surface area (Å²) in [5, 5.41) is 0. The predicted molar refractivity (Wildman–Crippen MR) is 80.2 cm³/mol. The zero-order valence-corrected chi connectivity index (χ0v) is 11.6. The maximum Gasteiger partial charge on any atom is 0.148 e. The summed E-state index contributed by atoms with van der Waals surface area (Å²) in [5.74, 6) is 3.35. The summed E-state index contributed by atoms with van der Waals surface area (Å²) >= 11 is 0. The van der Waals surface area contributed by atoms with Gasteiger partial charge in [-0.2, -0.15) is 0 Å². The predicted octanol–water partition coefficient (Wildman–Crippen LogP) is 2.73. The van der Waals surface area contributed by atoms with Gasteiger partial charge in [0.2, 0.25) is 0 Å². The highest BCUT2D eigenvalue weighted by Crippen LogP contribution is 2.20. The van der Waals surface area contributed by atoms with Crippen molar-refractivity contribution in [3.05, 3.63) is 59.9 Å². The lowest BCUT2D eigenvalue weighted by atomic mass is 10.1. The average Bonchev–Trinajstić information content (AvgIpc) is 2.47. The molecule has 0 bridgehead atoms. The standard InChI is InChI=1S/C17H18N2O/c1-3-12-20-17-7-5-4-6-16(17)14-19(2)13-15-8-10-18-11-9-15/h1,4-11H,12-14H2,2H3. The number of terminal acetylenes is 1. The van der Waals surface area contributed by atoms with Gasteiger partial charge < -0.3 is 4.74 Å². The van der Waals surface area contributed by atoms with Crippen molar-refractivity contribution in [2.75, 3.05) is 13.7 Å². The molecule has 0 spiro atoms. The van der Waals surface area contributed by atoms with Gasteiger partial charge in [0, 0.05) is 31.0 Å². The molecule has 1 aromatic carbocycles. The molecule has 3 nitrogen and oxygen atoms in total. The lowest BCUT2D eigenvalue weighted by molar-refractivity contribution is 0.305. The number of pyridine rings is 1. The van der Waals surface area contributed by atoms with Crippen LogP contribution in [0, 0.1) is 12.3 Å². The lowest BCUT2D eigenvalue weighted by Crippen LogP contribution is -2.17. The van der Waals surface area contributed by atoms with E-state index < -0.39 is 0 Å². The number of hydrogen-bond acceptors (Lipinski definition) is 3. The molecule has 0 N–H and O–H groups in total. The summed E-state index contributed by atoms with van der Waals surface area (Å²) in [6.07, 6.45) is 8.86. The fourth-order valence-electron chi connectivity index (χ4n) is 2.04. The first kappa shape index (κ1) is 14.1. The molecule has 0 radical (unpaired) electrons. The zero-order chi connectivity index (χ0) is 14.2. The highest BCUT2D eigenvalue weighted by atomic mass is 16.5. The van der Waals surface area contributed by atoms with E-state index in [0.29, 0.717) is 6.61 Å². The van der Waals surface area contributed by atoms with Gasteiger partial charge in [0.15, 0.2) is 0 Å². The molecule has 0 aliphatic rings. The van der Waals surface area contributed by atoms with Gasteiger partial charge in [-0.05, 0) is 30.8 Å². The van der Waals surface area contributed by atoms with E-state index in [1.54, 1.807) is 0 Å². The molecule has 2 aromatic rings. The van der Waals surface area contributed by atoms with Crippen LogP contribution in [-0.4, -0.2) is 23.5 Å². The molecule has 3 heteroatoms. The van der Waals surface area contributed by atoms with Crippen LogP contribution in [0.1, 0.15) is 11.1 Å². The Morgan fingerprint density at radius 3 is 2.65 bits per heavy atom. The van der Waals surface area contributed by atoms with Crippen molar-refractivity contribution in [1.29, 1.82) is 0 Å². The van der Waals surface area contributed by atoms with Crippen LogP contribution in [0.2, 0.25) is 0 Å². The van der Waals surface area contributed by atoms with Crippen molar-refractivity contribution in [2.45, 2.75) is 13.1 Å². The van der Waals surface area contributed by atoms with Crippen LogP contribution in [0.4, 0.5) is 0 Å². The first-order valence-electron chi connectivity index (χ1n) is 6.51. The topological polar surface area (TPSA) is 25.4 Å². The van der Waals surface area contributed by atoms with Gasteiger partial charge in [-0.1, -0.05) is 24.1 Å². The first-order valence-corrected chi connectivity index (χ1v) is 6.51. The van der Waals surface area contributed by atoms with Crippen molar-refractivity contribution < 1.29 is 4.74 Å². The van der Waals surface area contributed by atoms with Crippen LogP contribution in [0.15, 0.2) is 48.8 Å². The number of ether oxygens (including phenoxy) is 1. The van der Waals surface area contributed by atoms with Crippen molar-refractivity contribution in [3.63, 3.8) is 0 Å². The van der Waals surface area contributed by atoms with Gasteiger partial charge in [0.1, 0.15) is 12.4 Å². The van der Waals surface area contributed by atoms with Crippen molar-refractivity contribution in [2.24, 2.45) is 0 Å². The van der Waals surface area contributed by atoms with Crippen LogP contribution in [0.25, 0.3) is 0 Å². The average molecular weight is 266 g/mol. The highest BCUT2D eigenvalue weighted by Gasteiger charge is 2.06. The fourth-order valence-corrected chi connectivity index (χ4v) is 2.04. The molecule has 0 unspecified atom stereocenters. The quantitative estimate of drug-likeness (QED) is 0.752. The Kier molecular flexibility index (Phi) is 5.16. The Bertz CT molecular complexity index is 575. The molecule has 0 saturated heterocycles. The Morgan fingerprint density at radius 1 is 1.15 bits per heavy atom. The lowest BCUT2D eigenvalue weighted by Gasteiger charge is -2.18. The minimum absolute atomic E-state index is 0.297. The normalized spacial score (nSPS) is 10.2. The van der Waals surface area contributed by atoms with Gasteiger partial charge in [-0.15, -0.1) is 6.42 Å². The first-order chi connectivity index (χ1) is 9.79. The van der Waals surface area contributed by atoms with Gasteiger partial charge >= 0.3 is 0 Å². The summed E-state index contributed by atoms with van der Waals surface area (Å²) in [4.78, 5) is 6.26. The van der Waals surface area contributed by atoms with E-state index in [2.05, 4.69) is 28.9 Å².